The highest BCUT2D eigenvalue weighted by molar-refractivity contribution is 5.95. The number of alkyl halides is 2. The largest absolute Gasteiger partial charge is 0.495 e. The molecule has 1 amide bonds. The van der Waals surface area contributed by atoms with E-state index in [2.05, 4.69) is 15.2 Å². The molecule has 0 aliphatic heterocycles. The molecule has 0 bridgehead atoms. The van der Waals surface area contributed by atoms with E-state index >= 15 is 0 Å². The highest BCUT2D eigenvalue weighted by atomic mass is 19.3. The molecule has 0 aromatic heterocycles. The molecule has 0 heterocycles. The quantitative estimate of drug-likeness (QED) is 0.557. The highest BCUT2D eigenvalue weighted by Gasteiger charge is 2.16. The Morgan fingerprint density at radius 2 is 1.89 bits per heavy atom. The lowest BCUT2D eigenvalue weighted by Crippen LogP contribution is -2.26. The number of hydrogen-bond donors (Lipinski definition) is 1. The van der Waals surface area contributed by atoms with Gasteiger partial charge in [-0.15, -0.1) is 0 Å². The number of methoxy groups -OCH3 is 1. The maximum absolute atomic E-state index is 12.2. The molecule has 1 N–H and O–H groups in total. The van der Waals surface area contributed by atoms with Crippen molar-refractivity contribution in [2.45, 2.75) is 26.6 Å². The Labute approximate surface area is 155 Å². The van der Waals surface area contributed by atoms with Gasteiger partial charge >= 0.3 is 6.61 Å². The molecule has 27 heavy (non-hydrogen) atoms. The van der Waals surface area contributed by atoms with Gasteiger partial charge in [-0.3, -0.25) is 4.79 Å². The molecule has 1 unspecified atom stereocenters. The van der Waals surface area contributed by atoms with Crippen molar-refractivity contribution in [3.05, 3.63) is 53.6 Å². The summed E-state index contributed by atoms with van der Waals surface area (Å²) < 4.78 is 33.7. The number of oxime groups is 1. The highest BCUT2D eigenvalue weighted by Crippen LogP contribution is 2.25. The first kappa shape index (κ1) is 20.2. The topological polar surface area (TPSA) is 69.2 Å². The fourth-order valence-electron chi connectivity index (χ4n) is 2.12. The number of aryl methyl sites for hydroxylation is 1. The molecule has 144 valence electrons. The number of amides is 1. The van der Waals surface area contributed by atoms with Crippen molar-refractivity contribution in [1.82, 2.24) is 0 Å². The summed E-state index contributed by atoms with van der Waals surface area (Å²) in [5, 5.41) is 6.47. The van der Waals surface area contributed by atoms with Crippen molar-refractivity contribution >= 4 is 17.8 Å². The van der Waals surface area contributed by atoms with E-state index in [1.807, 2.05) is 13.0 Å². The zero-order chi connectivity index (χ0) is 19.8. The molecule has 0 saturated carbocycles. The molecule has 0 aliphatic carbocycles. The minimum atomic E-state index is -2.88. The zero-order valence-electron chi connectivity index (χ0n) is 15.1. The van der Waals surface area contributed by atoms with E-state index in [1.165, 1.54) is 37.6 Å². The average Bonchev–Trinajstić information content (AvgIpc) is 2.63. The molecule has 2 rings (SSSR count). The van der Waals surface area contributed by atoms with E-state index in [0.717, 1.165) is 5.56 Å². The molecule has 6 nitrogen and oxygen atoms in total. The van der Waals surface area contributed by atoms with E-state index in [1.54, 1.807) is 19.1 Å². The van der Waals surface area contributed by atoms with Gasteiger partial charge in [-0.1, -0.05) is 11.2 Å². The normalized spacial score (nSPS) is 12.1. The van der Waals surface area contributed by atoms with Gasteiger partial charge < -0.3 is 19.6 Å². The summed E-state index contributed by atoms with van der Waals surface area (Å²) in [6, 6.07) is 11.3. The lowest BCUT2D eigenvalue weighted by atomic mass is 10.2. The van der Waals surface area contributed by atoms with E-state index in [4.69, 9.17) is 9.57 Å². The van der Waals surface area contributed by atoms with Crippen LogP contribution >= 0.6 is 0 Å². The van der Waals surface area contributed by atoms with E-state index in [0.29, 0.717) is 17.0 Å². The Morgan fingerprint density at radius 1 is 1.19 bits per heavy atom. The third-order valence-corrected chi connectivity index (χ3v) is 3.51. The number of benzene rings is 2. The first-order chi connectivity index (χ1) is 12.9. The van der Waals surface area contributed by atoms with Gasteiger partial charge in [0.25, 0.3) is 5.91 Å². The molecular formula is C19H20F2N2O4. The van der Waals surface area contributed by atoms with Crippen LogP contribution in [0.5, 0.6) is 11.5 Å². The van der Waals surface area contributed by atoms with Crippen molar-refractivity contribution in [3.8, 4) is 11.5 Å². The van der Waals surface area contributed by atoms with Gasteiger partial charge in [0.05, 0.1) is 19.0 Å². The van der Waals surface area contributed by atoms with Gasteiger partial charge in [0.1, 0.15) is 11.5 Å². The first-order valence-corrected chi connectivity index (χ1v) is 8.08. The Kier molecular flexibility index (Phi) is 7.10. The molecule has 2 aromatic carbocycles. The Morgan fingerprint density at radius 3 is 2.52 bits per heavy atom. The summed E-state index contributed by atoms with van der Waals surface area (Å²) in [5.74, 6) is 0.190. The van der Waals surface area contributed by atoms with Crippen LogP contribution in [0.3, 0.4) is 0 Å². The third kappa shape index (κ3) is 6.25. The molecule has 0 spiro atoms. The zero-order valence-corrected chi connectivity index (χ0v) is 15.1. The van der Waals surface area contributed by atoms with Crippen LogP contribution in [-0.2, 0) is 9.63 Å². The molecule has 2 aromatic rings. The number of halogens is 2. The van der Waals surface area contributed by atoms with E-state index in [9.17, 15) is 13.6 Å². The maximum atomic E-state index is 12.2. The number of rotatable bonds is 8. The Bertz CT molecular complexity index is 795. The van der Waals surface area contributed by atoms with Crippen molar-refractivity contribution in [2.24, 2.45) is 5.16 Å². The summed E-state index contributed by atoms with van der Waals surface area (Å²) in [5.41, 5.74) is 2.11. The smallest absolute Gasteiger partial charge is 0.387 e. The van der Waals surface area contributed by atoms with Crippen molar-refractivity contribution in [2.75, 3.05) is 12.4 Å². The second-order valence-corrected chi connectivity index (χ2v) is 5.62. The summed E-state index contributed by atoms with van der Waals surface area (Å²) in [7, 11) is 1.52. The predicted molar refractivity (Wildman–Crippen MR) is 97.6 cm³/mol. The Balaban J connectivity index is 1.91. The van der Waals surface area contributed by atoms with Crippen LogP contribution in [0.1, 0.15) is 18.1 Å². The van der Waals surface area contributed by atoms with Crippen molar-refractivity contribution < 1.29 is 27.9 Å². The van der Waals surface area contributed by atoms with Crippen LogP contribution in [0.4, 0.5) is 14.5 Å². The number of carbonyl (C=O) groups excluding carboxylic acids is 1. The number of hydrogen-bond acceptors (Lipinski definition) is 5. The van der Waals surface area contributed by atoms with Crippen LogP contribution in [0.15, 0.2) is 47.6 Å². The fourth-order valence-corrected chi connectivity index (χ4v) is 2.12. The van der Waals surface area contributed by atoms with Crippen molar-refractivity contribution in [3.63, 3.8) is 0 Å². The van der Waals surface area contributed by atoms with Crippen LogP contribution < -0.4 is 14.8 Å². The number of nitrogens with zero attached hydrogens (tertiary/aromatic N) is 1. The number of anilines is 1. The second-order valence-electron chi connectivity index (χ2n) is 5.62. The summed E-state index contributed by atoms with van der Waals surface area (Å²) in [6.45, 7) is 0.574. The van der Waals surface area contributed by atoms with Gasteiger partial charge in [0, 0.05) is 0 Å². The molecule has 0 fully saturated rings. The molecule has 0 aliphatic rings. The first-order valence-electron chi connectivity index (χ1n) is 8.08. The SMILES string of the molecule is COc1ccc(C)cc1NC(=O)C(C)O/N=C/c1ccc(OC(F)F)cc1. The van der Waals surface area contributed by atoms with Gasteiger partial charge in [0.15, 0.2) is 0 Å². The van der Waals surface area contributed by atoms with Gasteiger partial charge in [-0.05, 0) is 61.4 Å². The minimum Gasteiger partial charge on any atom is -0.495 e. The lowest BCUT2D eigenvalue weighted by Gasteiger charge is -2.13. The van der Waals surface area contributed by atoms with Crippen molar-refractivity contribution in [1.29, 1.82) is 0 Å². The Hall–Kier alpha value is -3.16. The standard InChI is InChI=1S/C19H20F2N2O4/c1-12-4-9-17(25-3)16(10-12)23-18(24)13(2)27-22-11-14-5-7-15(8-6-14)26-19(20)21/h4-11,13,19H,1-3H3,(H,23,24)/b22-11+. The van der Waals surface area contributed by atoms with Crippen LogP contribution in [0.25, 0.3) is 0 Å². The summed E-state index contributed by atoms with van der Waals surface area (Å²) in [4.78, 5) is 17.4. The minimum absolute atomic E-state index is 0.0444. The van der Waals surface area contributed by atoms with Crippen LogP contribution in [0.2, 0.25) is 0 Å². The van der Waals surface area contributed by atoms with Gasteiger partial charge in [-0.25, -0.2) is 0 Å². The molecule has 8 heteroatoms. The summed E-state index contributed by atoms with van der Waals surface area (Å²) in [6.07, 6.45) is 0.510. The van der Waals surface area contributed by atoms with Gasteiger partial charge in [-0.2, -0.15) is 8.78 Å². The number of ether oxygens (including phenoxy) is 2. The monoisotopic (exact) mass is 378 g/mol. The van der Waals surface area contributed by atoms with E-state index in [-0.39, 0.29) is 5.75 Å². The van der Waals surface area contributed by atoms with E-state index < -0.39 is 18.6 Å². The predicted octanol–water partition coefficient (Wildman–Crippen LogP) is 3.98. The van der Waals surface area contributed by atoms with Crippen LogP contribution in [-0.4, -0.2) is 31.9 Å². The lowest BCUT2D eigenvalue weighted by molar-refractivity contribution is -0.126. The second kappa shape index (κ2) is 9.51. The average molecular weight is 378 g/mol. The number of carbonyl (C=O) groups is 1. The molecule has 0 radical (unpaired) electrons. The maximum Gasteiger partial charge on any atom is 0.387 e. The third-order valence-electron chi connectivity index (χ3n) is 3.51. The fraction of sp³-hybridized carbons (Fsp3) is 0.263. The molecule has 0 saturated heterocycles. The molecular weight excluding hydrogens is 358 g/mol. The number of nitrogens with one attached hydrogen (secondary N) is 1. The van der Waals surface area contributed by atoms with Crippen LogP contribution in [0, 0.1) is 6.92 Å². The van der Waals surface area contributed by atoms with Gasteiger partial charge in [0.2, 0.25) is 6.10 Å². The summed E-state index contributed by atoms with van der Waals surface area (Å²) >= 11 is 0. The molecule has 1 atom stereocenters.